The Morgan fingerprint density at radius 1 is 0.818 bits per heavy atom. The van der Waals surface area contributed by atoms with E-state index in [2.05, 4.69) is 4.31 Å². The van der Waals surface area contributed by atoms with Crippen molar-refractivity contribution in [1.82, 2.24) is 0 Å². The summed E-state index contributed by atoms with van der Waals surface area (Å²) in [5.41, 5.74) is 2.28. The zero-order valence-electron chi connectivity index (χ0n) is 11.4. The quantitative estimate of drug-likeness (QED) is 0.459. The Bertz CT molecular complexity index is 534. The molecular weight excluding hydrogens is 374 g/mol. The number of rotatable bonds is 4. The SMILES string of the molecule is ClC(c1ccccc1)c1ccccc1.O=[P+]([O-])O[P+](=O)[O-].[Ca+2]. The minimum Gasteiger partial charge on any atom is -0.563 e. The normalized spacial score (nSPS) is 10.9. The van der Waals surface area contributed by atoms with Gasteiger partial charge in [-0.1, -0.05) is 60.7 Å². The van der Waals surface area contributed by atoms with Gasteiger partial charge >= 0.3 is 54.2 Å². The first kappa shape index (κ1) is 22.1. The van der Waals surface area contributed by atoms with Gasteiger partial charge in [0.05, 0.1) is 5.38 Å². The van der Waals surface area contributed by atoms with Crippen molar-refractivity contribution in [2.45, 2.75) is 5.38 Å². The number of halogens is 1. The Morgan fingerprint density at radius 2 is 1.14 bits per heavy atom. The van der Waals surface area contributed by atoms with E-state index in [4.69, 9.17) is 11.6 Å². The first-order valence-corrected chi connectivity index (χ1v) is 8.34. The third-order valence-electron chi connectivity index (χ3n) is 2.32. The van der Waals surface area contributed by atoms with Crippen molar-refractivity contribution in [3.05, 3.63) is 71.8 Å². The van der Waals surface area contributed by atoms with Crippen LogP contribution in [-0.4, -0.2) is 37.7 Å². The Balaban J connectivity index is 0.000000478. The second-order valence-corrected chi connectivity index (χ2v) is 5.70. The standard InChI is InChI=1S/C13H11Cl.Ca.O5P2/c14-13(11-7-3-1-4-8-11)12-9-5-2-6-10-12;;1-6(2)5-7(3)4/h1-10,13H;;/q;+2;. The van der Waals surface area contributed by atoms with E-state index in [0.717, 1.165) is 11.1 Å². The second kappa shape index (κ2) is 12.5. The Labute approximate surface area is 165 Å². The van der Waals surface area contributed by atoms with Crippen LogP contribution >= 0.6 is 28.1 Å². The summed E-state index contributed by atoms with van der Waals surface area (Å²) in [7, 11) is -6.47. The van der Waals surface area contributed by atoms with E-state index in [1.807, 2.05) is 60.7 Å². The minimum atomic E-state index is -3.24. The topological polar surface area (TPSA) is 89.5 Å². The van der Waals surface area contributed by atoms with Gasteiger partial charge in [0.2, 0.25) is 0 Å². The molecule has 0 aliphatic carbocycles. The summed E-state index contributed by atoms with van der Waals surface area (Å²) in [6.07, 6.45) is 0. The molecule has 110 valence electrons. The van der Waals surface area contributed by atoms with Gasteiger partial charge in [-0.3, -0.25) is 0 Å². The van der Waals surface area contributed by atoms with Crippen molar-refractivity contribution in [3.63, 3.8) is 0 Å². The molecular formula is C13H11CaClO5P2+2. The third-order valence-corrected chi connectivity index (χ3v) is 3.89. The van der Waals surface area contributed by atoms with Gasteiger partial charge in [0.1, 0.15) is 4.31 Å². The molecule has 0 bridgehead atoms. The van der Waals surface area contributed by atoms with Crippen LogP contribution in [0.15, 0.2) is 60.7 Å². The van der Waals surface area contributed by atoms with E-state index >= 15 is 0 Å². The van der Waals surface area contributed by atoms with E-state index < -0.39 is 16.5 Å². The zero-order valence-corrected chi connectivity index (χ0v) is 16.1. The molecule has 0 fully saturated rings. The Hall–Kier alpha value is 0.0697. The molecule has 0 saturated heterocycles. The van der Waals surface area contributed by atoms with E-state index in [1.165, 1.54) is 0 Å². The van der Waals surface area contributed by atoms with E-state index in [0.29, 0.717) is 0 Å². The molecule has 22 heavy (non-hydrogen) atoms. The Kier molecular flexibility index (Phi) is 12.5. The van der Waals surface area contributed by atoms with Gasteiger partial charge in [-0.25, -0.2) is 0 Å². The van der Waals surface area contributed by atoms with Crippen LogP contribution in [0.5, 0.6) is 0 Å². The van der Waals surface area contributed by atoms with E-state index in [9.17, 15) is 18.9 Å². The molecule has 9 heteroatoms. The second-order valence-electron chi connectivity index (χ2n) is 3.71. The minimum absolute atomic E-state index is 0. The van der Waals surface area contributed by atoms with Gasteiger partial charge in [0.25, 0.3) is 0 Å². The largest absolute Gasteiger partial charge is 2.00 e. The van der Waals surface area contributed by atoms with Crippen molar-refractivity contribution in [2.75, 3.05) is 0 Å². The molecule has 2 rings (SSSR count). The van der Waals surface area contributed by atoms with Crippen LogP contribution in [0.1, 0.15) is 16.5 Å². The first-order valence-electron chi connectivity index (χ1n) is 5.71. The van der Waals surface area contributed by atoms with Crippen molar-refractivity contribution in [2.24, 2.45) is 0 Å². The molecule has 2 unspecified atom stereocenters. The van der Waals surface area contributed by atoms with Gasteiger partial charge in [-0.2, -0.15) is 0 Å². The summed E-state index contributed by atoms with van der Waals surface area (Å²) in [4.78, 5) is 18.5. The zero-order chi connectivity index (χ0) is 15.7. The fourth-order valence-electron chi connectivity index (χ4n) is 1.49. The number of benzene rings is 2. The summed E-state index contributed by atoms with van der Waals surface area (Å²) < 4.78 is 21.6. The summed E-state index contributed by atoms with van der Waals surface area (Å²) in [5, 5.41) is -0.0441. The Morgan fingerprint density at radius 3 is 1.36 bits per heavy atom. The predicted molar refractivity (Wildman–Crippen MR) is 82.6 cm³/mol. The smallest absolute Gasteiger partial charge is 0.563 e. The van der Waals surface area contributed by atoms with Crippen LogP contribution in [0.3, 0.4) is 0 Å². The molecule has 0 amide bonds. The fourth-order valence-corrected chi connectivity index (χ4v) is 2.22. The van der Waals surface area contributed by atoms with Crippen LogP contribution in [0, 0.1) is 0 Å². The molecule has 0 radical (unpaired) electrons. The third kappa shape index (κ3) is 9.26. The van der Waals surface area contributed by atoms with Gasteiger partial charge in [0, 0.05) is 0 Å². The molecule has 2 aromatic carbocycles. The van der Waals surface area contributed by atoms with Crippen molar-refractivity contribution in [1.29, 1.82) is 0 Å². The van der Waals surface area contributed by atoms with Crippen LogP contribution in [-0.2, 0) is 13.4 Å². The maximum Gasteiger partial charge on any atom is 2.00 e. The monoisotopic (exact) mass is 384 g/mol. The molecule has 0 N–H and O–H groups in total. The van der Waals surface area contributed by atoms with Gasteiger partial charge in [-0.15, -0.1) is 11.6 Å². The number of hydrogen-bond acceptors (Lipinski definition) is 5. The summed E-state index contributed by atoms with van der Waals surface area (Å²) in [6.45, 7) is 0. The number of alkyl halides is 1. The average Bonchev–Trinajstić information content (AvgIpc) is 2.47. The first-order chi connectivity index (χ1) is 10.0. The molecule has 0 aliphatic heterocycles. The van der Waals surface area contributed by atoms with E-state index in [-0.39, 0.29) is 43.1 Å². The van der Waals surface area contributed by atoms with Crippen molar-refractivity contribution < 1.29 is 23.2 Å². The fraction of sp³-hybridized carbons (Fsp3) is 0.0769. The predicted octanol–water partition coefficient (Wildman–Crippen LogP) is 2.67. The van der Waals surface area contributed by atoms with Crippen LogP contribution < -0.4 is 9.79 Å². The summed E-state index contributed by atoms with van der Waals surface area (Å²) in [5.74, 6) is 0. The maximum atomic E-state index is 9.24. The molecule has 0 spiro atoms. The number of hydrogen-bond donors (Lipinski definition) is 0. The molecule has 0 aliphatic rings. The molecule has 5 nitrogen and oxygen atoms in total. The van der Waals surface area contributed by atoms with Crippen LogP contribution in [0.25, 0.3) is 0 Å². The van der Waals surface area contributed by atoms with Gasteiger partial charge in [0.15, 0.2) is 0 Å². The molecule has 2 aromatic rings. The summed E-state index contributed by atoms with van der Waals surface area (Å²) >= 11 is 6.33. The molecule has 0 aromatic heterocycles. The molecule has 0 heterocycles. The average molecular weight is 385 g/mol. The summed E-state index contributed by atoms with van der Waals surface area (Å²) in [6, 6.07) is 20.2. The van der Waals surface area contributed by atoms with Gasteiger partial charge < -0.3 is 9.79 Å². The molecule has 2 atom stereocenters. The van der Waals surface area contributed by atoms with Crippen molar-refractivity contribution >= 4 is 65.8 Å². The van der Waals surface area contributed by atoms with Crippen molar-refractivity contribution in [3.8, 4) is 0 Å². The van der Waals surface area contributed by atoms with Gasteiger partial charge in [-0.05, 0) is 20.3 Å². The molecule has 0 saturated carbocycles. The van der Waals surface area contributed by atoms with Crippen LogP contribution in [0.2, 0.25) is 0 Å². The van der Waals surface area contributed by atoms with E-state index in [1.54, 1.807) is 0 Å². The van der Waals surface area contributed by atoms with Crippen LogP contribution in [0.4, 0.5) is 0 Å². The maximum absolute atomic E-state index is 9.24.